The summed E-state index contributed by atoms with van der Waals surface area (Å²) in [5, 5.41) is 9.15. The minimum Gasteiger partial charge on any atom is -0.305 e. The molecule has 0 unspecified atom stereocenters. The van der Waals surface area contributed by atoms with E-state index in [1.807, 2.05) is 13.8 Å². The Balaban J connectivity index is 2.08. The monoisotopic (exact) mass is 294 g/mol. The van der Waals surface area contributed by atoms with Crippen LogP contribution in [0.15, 0.2) is 24.4 Å². The Morgan fingerprint density at radius 2 is 1.90 bits per heavy atom. The fourth-order valence-electron chi connectivity index (χ4n) is 1.74. The predicted octanol–water partition coefficient (Wildman–Crippen LogP) is 3.69. The van der Waals surface area contributed by atoms with Gasteiger partial charge in [-0.25, -0.2) is 13.6 Å². The number of nitrogens with zero attached hydrogens (tertiary/aromatic N) is 2. The number of halogens is 2. The largest absolute Gasteiger partial charge is 0.323 e. The van der Waals surface area contributed by atoms with E-state index < -0.39 is 17.7 Å². The lowest BCUT2D eigenvalue weighted by Gasteiger charge is -2.07. The molecule has 0 aliphatic heterocycles. The highest BCUT2D eigenvalue weighted by atomic mass is 19.1. The van der Waals surface area contributed by atoms with Crippen molar-refractivity contribution < 1.29 is 13.6 Å². The second-order valence-corrected chi connectivity index (χ2v) is 4.91. The average Bonchev–Trinajstić information content (AvgIpc) is 2.75. The number of hydrogen-bond acceptors (Lipinski definition) is 2. The van der Waals surface area contributed by atoms with E-state index in [2.05, 4.69) is 15.7 Å². The summed E-state index contributed by atoms with van der Waals surface area (Å²) in [5.74, 6) is -1.53. The lowest BCUT2D eigenvalue weighted by Crippen LogP contribution is -2.20. The van der Waals surface area contributed by atoms with Crippen molar-refractivity contribution in [3.05, 3.63) is 41.7 Å². The zero-order valence-electron chi connectivity index (χ0n) is 11.9. The fraction of sp³-hybridized carbons (Fsp3) is 0.286. The number of benzene rings is 1. The van der Waals surface area contributed by atoms with Crippen LogP contribution in [0.1, 0.15) is 25.6 Å². The molecule has 0 aliphatic carbocycles. The topological polar surface area (TPSA) is 59.0 Å². The van der Waals surface area contributed by atoms with E-state index in [1.165, 1.54) is 0 Å². The van der Waals surface area contributed by atoms with Crippen LogP contribution in [0.4, 0.5) is 25.0 Å². The van der Waals surface area contributed by atoms with Gasteiger partial charge in [-0.2, -0.15) is 5.10 Å². The van der Waals surface area contributed by atoms with Crippen molar-refractivity contribution in [1.29, 1.82) is 0 Å². The first-order chi connectivity index (χ1) is 9.86. The molecule has 21 heavy (non-hydrogen) atoms. The molecule has 2 rings (SSSR count). The van der Waals surface area contributed by atoms with Crippen LogP contribution in [-0.2, 0) is 0 Å². The van der Waals surface area contributed by atoms with Crippen LogP contribution < -0.4 is 10.6 Å². The smallest absolute Gasteiger partial charge is 0.305 e. The first-order valence-corrected chi connectivity index (χ1v) is 6.45. The van der Waals surface area contributed by atoms with Crippen molar-refractivity contribution in [2.24, 2.45) is 0 Å². The maximum atomic E-state index is 13.4. The summed E-state index contributed by atoms with van der Waals surface area (Å²) < 4.78 is 27.9. The van der Waals surface area contributed by atoms with Crippen LogP contribution in [0.5, 0.6) is 0 Å². The van der Waals surface area contributed by atoms with E-state index in [4.69, 9.17) is 0 Å². The second-order valence-electron chi connectivity index (χ2n) is 4.91. The molecule has 1 aromatic heterocycles. The molecule has 0 saturated heterocycles. The van der Waals surface area contributed by atoms with Gasteiger partial charge in [0.15, 0.2) is 0 Å². The van der Waals surface area contributed by atoms with Gasteiger partial charge in [0.1, 0.15) is 11.6 Å². The normalized spacial score (nSPS) is 10.8. The number of anilines is 2. The van der Waals surface area contributed by atoms with Crippen LogP contribution >= 0.6 is 0 Å². The molecule has 0 bridgehead atoms. The number of hydrogen-bond donors (Lipinski definition) is 2. The Labute approximate surface area is 121 Å². The number of nitrogens with one attached hydrogen (secondary N) is 2. The highest BCUT2D eigenvalue weighted by molar-refractivity contribution is 6.00. The number of carbonyl (C=O) groups excluding carboxylic acids is 1. The average molecular weight is 294 g/mol. The third kappa shape index (κ3) is 3.56. The van der Waals surface area contributed by atoms with E-state index in [9.17, 15) is 13.6 Å². The molecular weight excluding hydrogens is 278 g/mol. The zero-order chi connectivity index (χ0) is 15.6. The van der Waals surface area contributed by atoms with Crippen molar-refractivity contribution >= 4 is 17.4 Å². The van der Waals surface area contributed by atoms with Gasteiger partial charge >= 0.3 is 6.03 Å². The molecule has 112 valence electrons. The molecule has 2 aromatic rings. The maximum Gasteiger partial charge on any atom is 0.323 e. The molecule has 0 atom stereocenters. The Hall–Kier alpha value is -2.44. The molecule has 1 heterocycles. The minimum atomic E-state index is -0.834. The van der Waals surface area contributed by atoms with Crippen LogP contribution in [-0.4, -0.2) is 15.8 Å². The van der Waals surface area contributed by atoms with Crippen molar-refractivity contribution in [3.8, 4) is 0 Å². The first-order valence-electron chi connectivity index (χ1n) is 6.45. The fourth-order valence-corrected chi connectivity index (χ4v) is 1.74. The number of rotatable bonds is 3. The SMILES string of the molecule is Cc1nn(C(C)C)cc1NC(=O)Nc1ccc(F)cc1F. The molecule has 0 aliphatic rings. The van der Waals surface area contributed by atoms with Gasteiger partial charge in [-0.3, -0.25) is 4.68 Å². The van der Waals surface area contributed by atoms with Crippen molar-refractivity contribution in [2.75, 3.05) is 10.6 Å². The number of aromatic nitrogens is 2. The Bertz CT molecular complexity index is 667. The van der Waals surface area contributed by atoms with Gasteiger partial charge in [-0.1, -0.05) is 0 Å². The van der Waals surface area contributed by atoms with E-state index in [0.29, 0.717) is 17.4 Å². The summed E-state index contributed by atoms with van der Waals surface area (Å²) in [5.41, 5.74) is 1.09. The summed E-state index contributed by atoms with van der Waals surface area (Å²) in [6.45, 7) is 5.68. The van der Waals surface area contributed by atoms with E-state index in [0.717, 1.165) is 12.1 Å². The molecule has 0 fully saturated rings. The molecule has 5 nitrogen and oxygen atoms in total. The summed E-state index contributed by atoms with van der Waals surface area (Å²) in [6.07, 6.45) is 1.70. The quantitative estimate of drug-likeness (QED) is 0.907. The van der Waals surface area contributed by atoms with Gasteiger partial charge < -0.3 is 10.6 Å². The number of carbonyl (C=O) groups is 1. The van der Waals surface area contributed by atoms with Crippen molar-refractivity contribution in [2.45, 2.75) is 26.8 Å². The van der Waals surface area contributed by atoms with Crippen molar-refractivity contribution in [3.63, 3.8) is 0 Å². The molecule has 0 spiro atoms. The third-order valence-corrected chi connectivity index (χ3v) is 2.87. The minimum absolute atomic E-state index is 0.0946. The third-order valence-electron chi connectivity index (χ3n) is 2.87. The van der Waals surface area contributed by atoms with Crippen molar-refractivity contribution in [1.82, 2.24) is 9.78 Å². The second kappa shape index (κ2) is 5.90. The molecule has 0 radical (unpaired) electrons. The van der Waals surface area contributed by atoms with Gasteiger partial charge in [0.05, 0.1) is 17.1 Å². The summed E-state index contributed by atoms with van der Waals surface area (Å²) >= 11 is 0. The van der Waals surface area contributed by atoms with Gasteiger partial charge in [0.2, 0.25) is 0 Å². The predicted molar refractivity (Wildman–Crippen MR) is 76.3 cm³/mol. The molecule has 2 N–H and O–H groups in total. The standard InChI is InChI=1S/C14H16F2N4O/c1-8(2)20-7-13(9(3)19-20)18-14(21)17-12-5-4-10(15)6-11(12)16/h4-8H,1-3H3,(H2,17,18,21). The number of urea groups is 1. The Morgan fingerprint density at radius 3 is 2.48 bits per heavy atom. The highest BCUT2D eigenvalue weighted by Crippen LogP contribution is 2.18. The zero-order valence-corrected chi connectivity index (χ0v) is 11.9. The van der Waals surface area contributed by atoms with E-state index >= 15 is 0 Å². The maximum absolute atomic E-state index is 13.4. The van der Waals surface area contributed by atoms with Gasteiger partial charge in [0.25, 0.3) is 0 Å². The summed E-state index contributed by atoms with van der Waals surface area (Å²) in [7, 11) is 0. The molecule has 1 aromatic carbocycles. The number of aryl methyl sites for hydroxylation is 1. The number of amides is 2. The van der Waals surface area contributed by atoms with Crippen LogP contribution in [0, 0.1) is 18.6 Å². The molecule has 0 saturated carbocycles. The Morgan fingerprint density at radius 1 is 1.24 bits per heavy atom. The summed E-state index contributed by atoms with van der Waals surface area (Å²) in [6, 6.07) is 2.48. The van der Waals surface area contributed by atoms with Crippen LogP contribution in [0.3, 0.4) is 0 Å². The lowest BCUT2D eigenvalue weighted by atomic mass is 10.3. The van der Waals surface area contributed by atoms with Gasteiger partial charge in [-0.05, 0) is 32.9 Å². The van der Waals surface area contributed by atoms with Crippen LogP contribution in [0.2, 0.25) is 0 Å². The molecule has 7 heteroatoms. The summed E-state index contributed by atoms with van der Waals surface area (Å²) in [4.78, 5) is 11.8. The Kier molecular flexibility index (Phi) is 4.21. The van der Waals surface area contributed by atoms with Crippen LogP contribution in [0.25, 0.3) is 0 Å². The molecule has 2 amide bonds. The molecular formula is C14H16F2N4O. The van der Waals surface area contributed by atoms with Gasteiger partial charge in [0, 0.05) is 18.3 Å². The highest BCUT2D eigenvalue weighted by Gasteiger charge is 2.12. The first kappa shape index (κ1) is 15.0. The lowest BCUT2D eigenvalue weighted by molar-refractivity contribution is 0.262. The van der Waals surface area contributed by atoms with Gasteiger partial charge in [-0.15, -0.1) is 0 Å². The van der Waals surface area contributed by atoms with E-state index in [-0.39, 0.29) is 11.7 Å². The van der Waals surface area contributed by atoms with E-state index in [1.54, 1.807) is 17.8 Å².